The molecule has 15 heavy (non-hydrogen) atoms. The molecule has 0 aliphatic carbocycles. The molecule has 1 unspecified atom stereocenters. The Bertz CT molecular complexity index is 445. The van der Waals surface area contributed by atoms with E-state index in [0.29, 0.717) is 6.54 Å². The van der Waals surface area contributed by atoms with Crippen LogP contribution >= 0.6 is 11.6 Å². The van der Waals surface area contributed by atoms with Crippen molar-refractivity contribution in [2.24, 2.45) is 0 Å². The van der Waals surface area contributed by atoms with E-state index in [1.54, 1.807) is 0 Å². The molecule has 0 radical (unpaired) electrons. The van der Waals surface area contributed by atoms with Gasteiger partial charge in [-0.3, -0.25) is 4.79 Å². The summed E-state index contributed by atoms with van der Waals surface area (Å²) in [6.07, 6.45) is 2.12. The van der Waals surface area contributed by atoms with Gasteiger partial charge in [0.2, 0.25) is 0 Å². The van der Waals surface area contributed by atoms with Crippen LogP contribution in [0, 0.1) is 0 Å². The molecular formula is C8H8ClN3O3. The number of hydrogen-bond acceptors (Lipinski definition) is 4. The molecule has 1 aromatic heterocycles. The van der Waals surface area contributed by atoms with Crippen molar-refractivity contribution in [3.63, 3.8) is 0 Å². The lowest BCUT2D eigenvalue weighted by Gasteiger charge is -2.09. The van der Waals surface area contributed by atoms with Gasteiger partial charge in [0.25, 0.3) is 5.56 Å². The highest BCUT2D eigenvalue weighted by molar-refractivity contribution is 6.29. The van der Waals surface area contributed by atoms with E-state index in [0.717, 1.165) is 0 Å². The number of ether oxygens (including phenoxy) is 1. The maximum atomic E-state index is 11.4. The van der Waals surface area contributed by atoms with Crippen LogP contribution < -0.4 is 10.9 Å². The van der Waals surface area contributed by atoms with Gasteiger partial charge in [-0.05, 0) is 0 Å². The Morgan fingerprint density at radius 1 is 1.67 bits per heavy atom. The van der Waals surface area contributed by atoms with Crippen molar-refractivity contribution >= 4 is 17.7 Å². The zero-order valence-electron chi connectivity index (χ0n) is 7.64. The number of rotatable bonds is 2. The minimum absolute atomic E-state index is 0.0882. The van der Waals surface area contributed by atoms with E-state index in [1.165, 1.54) is 17.0 Å². The van der Waals surface area contributed by atoms with Gasteiger partial charge in [-0.15, -0.1) is 0 Å². The number of cyclic esters (lactones) is 1. The second-order valence-corrected chi connectivity index (χ2v) is 3.44. The maximum absolute atomic E-state index is 11.4. The largest absolute Gasteiger partial charge is 0.442 e. The first-order chi connectivity index (χ1) is 7.16. The molecule has 1 saturated heterocycles. The lowest BCUT2D eigenvalue weighted by atomic mass is 10.3. The molecule has 1 amide bonds. The number of nitrogens with zero attached hydrogens (tertiary/aromatic N) is 2. The van der Waals surface area contributed by atoms with Gasteiger partial charge >= 0.3 is 6.09 Å². The molecule has 0 spiro atoms. The molecule has 0 aromatic carbocycles. The number of halogens is 1. The van der Waals surface area contributed by atoms with Gasteiger partial charge in [0, 0.05) is 12.4 Å². The van der Waals surface area contributed by atoms with Crippen LogP contribution in [0.25, 0.3) is 0 Å². The van der Waals surface area contributed by atoms with Crippen LogP contribution in [-0.4, -0.2) is 28.3 Å². The van der Waals surface area contributed by atoms with Crippen molar-refractivity contribution in [3.8, 4) is 0 Å². The first-order valence-electron chi connectivity index (χ1n) is 4.32. The Hall–Kier alpha value is -1.56. The molecule has 6 nitrogen and oxygen atoms in total. The summed E-state index contributed by atoms with van der Waals surface area (Å²) >= 11 is 5.56. The summed E-state index contributed by atoms with van der Waals surface area (Å²) in [6.45, 7) is 0.672. The number of alkyl carbamates (subject to hydrolysis) is 1. The van der Waals surface area contributed by atoms with Crippen molar-refractivity contribution in [2.45, 2.75) is 12.6 Å². The number of carbonyl (C=O) groups is 1. The fourth-order valence-corrected chi connectivity index (χ4v) is 1.48. The van der Waals surface area contributed by atoms with Crippen LogP contribution in [0.4, 0.5) is 4.79 Å². The molecule has 0 saturated carbocycles. The van der Waals surface area contributed by atoms with Crippen molar-refractivity contribution < 1.29 is 9.53 Å². The monoisotopic (exact) mass is 229 g/mol. The first-order valence-corrected chi connectivity index (χ1v) is 4.70. The van der Waals surface area contributed by atoms with Crippen molar-refractivity contribution in [1.82, 2.24) is 14.9 Å². The van der Waals surface area contributed by atoms with Crippen molar-refractivity contribution in [2.75, 3.05) is 6.54 Å². The van der Waals surface area contributed by atoms with Crippen LogP contribution in [0.5, 0.6) is 0 Å². The van der Waals surface area contributed by atoms with Crippen LogP contribution in [0.1, 0.15) is 0 Å². The van der Waals surface area contributed by atoms with Crippen LogP contribution in [-0.2, 0) is 11.3 Å². The van der Waals surface area contributed by atoms with Gasteiger partial charge in [0.1, 0.15) is 6.10 Å². The average Bonchev–Trinajstić information content (AvgIpc) is 2.59. The van der Waals surface area contributed by atoms with Gasteiger partial charge in [0.15, 0.2) is 5.15 Å². The summed E-state index contributed by atoms with van der Waals surface area (Å²) in [5, 5.41) is 2.41. The van der Waals surface area contributed by atoms with Crippen LogP contribution in [0.2, 0.25) is 5.15 Å². The Kier molecular flexibility index (Phi) is 2.59. The molecule has 2 rings (SSSR count). The molecule has 1 fully saturated rings. The Morgan fingerprint density at radius 3 is 3.13 bits per heavy atom. The van der Waals surface area contributed by atoms with Crippen molar-refractivity contribution in [1.29, 1.82) is 0 Å². The van der Waals surface area contributed by atoms with Gasteiger partial charge in [-0.2, -0.15) is 0 Å². The topological polar surface area (TPSA) is 73.2 Å². The zero-order valence-corrected chi connectivity index (χ0v) is 8.40. The molecule has 1 aliphatic rings. The smallest absolute Gasteiger partial charge is 0.407 e. The summed E-state index contributed by atoms with van der Waals surface area (Å²) in [6, 6.07) is 0. The summed E-state index contributed by atoms with van der Waals surface area (Å²) in [5.74, 6) is 0. The average molecular weight is 230 g/mol. The minimum atomic E-state index is -0.465. The first kappa shape index (κ1) is 9.97. The van der Waals surface area contributed by atoms with E-state index >= 15 is 0 Å². The highest BCUT2D eigenvalue weighted by atomic mass is 35.5. The molecule has 1 atom stereocenters. The third-order valence-corrected chi connectivity index (χ3v) is 2.28. The standard InChI is InChI=1S/C8H8ClN3O3/c9-6-7(13)12(2-1-10-6)4-5-3-11-8(14)15-5/h1-2,5H,3-4H2,(H,11,14). The normalized spacial score (nSPS) is 19.8. The van der Waals surface area contributed by atoms with Gasteiger partial charge in [-0.25, -0.2) is 9.78 Å². The van der Waals surface area contributed by atoms with Crippen LogP contribution in [0.15, 0.2) is 17.2 Å². The predicted molar refractivity (Wildman–Crippen MR) is 51.8 cm³/mol. The summed E-state index contributed by atoms with van der Waals surface area (Å²) in [4.78, 5) is 25.8. The lowest BCUT2D eigenvalue weighted by Crippen LogP contribution is -2.28. The second kappa shape index (κ2) is 3.90. The van der Waals surface area contributed by atoms with Gasteiger partial charge in [0.05, 0.1) is 13.1 Å². The zero-order chi connectivity index (χ0) is 10.8. The lowest BCUT2D eigenvalue weighted by molar-refractivity contribution is 0.130. The molecular weight excluding hydrogens is 222 g/mol. The molecule has 0 bridgehead atoms. The van der Waals surface area contributed by atoms with Gasteiger partial charge < -0.3 is 14.6 Å². The molecule has 1 aliphatic heterocycles. The van der Waals surface area contributed by atoms with E-state index in [-0.39, 0.29) is 23.4 Å². The van der Waals surface area contributed by atoms with Crippen LogP contribution in [0.3, 0.4) is 0 Å². The molecule has 2 heterocycles. The molecule has 80 valence electrons. The Balaban J connectivity index is 2.14. The number of amides is 1. The van der Waals surface area contributed by atoms with Gasteiger partial charge in [-0.1, -0.05) is 11.6 Å². The quantitative estimate of drug-likeness (QED) is 0.775. The van der Waals surface area contributed by atoms with E-state index in [2.05, 4.69) is 10.3 Å². The maximum Gasteiger partial charge on any atom is 0.407 e. The fraction of sp³-hybridized carbons (Fsp3) is 0.375. The molecule has 1 N–H and O–H groups in total. The van der Waals surface area contributed by atoms with E-state index < -0.39 is 6.09 Å². The van der Waals surface area contributed by atoms with E-state index in [9.17, 15) is 9.59 Å². The predicted octanol–water partition coefficient (Wildman–Crippen LogP) is 0.00510. The molecule has 7 heteroatoms. The second-order valence-electron chi connectivity index (χ2n) is 3.08. The summed E-state index contributed by atoms with van der Waals surface area (Å²) < 4.78 is 6.25. The fourth-order valence-electron chi connectivity index (χ4n) is 1.32. The number of hydrogen-bond donors (Lipinski definition) is 1. The number of nitrogens with one attached hydrogen (secondary N) is 1. The minimum Gasteiger partial charge on any atom is -0.442 e. The Morgan fingerprint density at radius 2 is 2.47 bits per heavy atom. The molecule has 1 aromatic rings. The van der Waals surface area contributed by atoms with E-state index in [1.807, 2.05) is 0 Å². The SMILES string of the molecule is O=C1NCC(Cn2ccnc(Cl)c2=O)O1. The number of carbonyl (C=O) groups excluding carboxylic acids is 1. The van der Waals surface area contributed by atoms with E-state index in [4.69, 9.17) is 16.3 Å². The third-order valence-electron chi connectivity index (χ3n) is 2.02. The van der Waals surface area contributed by atoms with Crippen molar-refractivity contribution in [3.05, 3.63) is 27.9 Å². The third kappa shape index (κ3) is 2.10. The number of aromatic nitrogens is 2. The highest BCUT2D eigenvalue weighted by Crippen LogP contribution is 2.03. The summed E-state index contributed by atoms with van der Waals surface area (Å²) in [7, 11) is 0. The highest BCUT2D eigenvalue weighted by Gasteiger charge is 2.23. The summed E-state index contributed by atoms with van der Waals surface area (Å²) in [5.41, 5.74) is -0.387. The Labute approximate surface area is 89.8 Å².